The van der Waals surface area contributed by atoms with Crippen LogP contribution in [-0.4, -0.2) is 35.0 Å². The highest BCUT2D eigenvalue weighted by Crippen LogP contribution is 2.42. The summed E-state index contributed by atoms with van der Waals surface area (Å²) in [4.78, 5) is 12.4. The van der Waals surface area contributed by atoms with Crippen molar-refractivity contribution >= 4 is 29.0 Å². The van der Waals surface area contributed by atoms with Gasteiger partial charge in [0, 0.05) is 6.61 Å². The molecular weight excluding hydrogens is 287 g/mol. The maximum Gasteiger partial charge on any atom is 0.197 e. The van der Waals surface area contributed by atoms with Crippen molar-refractivity contribution in [3.63, 3.8) is 0 Å². The standard InChI is InChI=1S/C14H22Cl2O3/c1-3-7-14(15,16)13(17)12-9-5-6-10(19-12)11(8-9)18-4-2/h9-12H,3-8H2,1-2H3. The summed E-state index contributed by atoms with van der Waals surface area (Å²) in [5.41, 5.74) is 0. The minimum atomic E-state index is -1.31. The number of ketones is 1. The van der Waals surface area contributed by atoms with Crippen molar-refractivity contribution in [3.05, 3.63) is 0 Å². The van der Waals surface area contributed by atoms with E-state index in [1.165, 1.54) is 0 Å². The Morgan fingerprint density at radius 1 is 1.37 bits per heavy atom. The summed E-state index contributed by atoms with van der Waals surface area (Å²) < 4.78 is 10.3. The third kappa shape index (κ3) is 3.26. The van der Waals surface area contributed by atoms with Gasteiger partial charge in [-0.25, -0.2) is 0 Å². The van der Waals surface area contributed by atoms with Crippen molar-refractivity contribution in [2.45, 2.75) is 68.6 Å². The second-order valence-corrected chi connectivity index (χ2v) is 6.96. The van der Waals surface area contributed by atoms with E-state index in [-0.39, 0.29) is 23.9 Å². The highest BCUT2D eigenvalue weighted by Gasteiger charge is 2.50. The molecule has 19 heavy (non-hydrogen) atoms. The van der Waals surface area contributed by atoms with Crippen molar-refractivity contribution in [2.24, 2.45) is 5.92 Å². The van der Waals surface area contributed by atoms with Crippen LogP contribution in [0.1, 0.15) is 46.0 Å². The normalized spacial score (nSPS) is 34.5. The molecule has 3 rings (SSSR count). The van der Waals surface area contributed by atoms with Gasteiger partial charge in [0.25, 0.3) is 0 Å². The highest BCUT2D eigenvalue weighted by molar-refractivity contribution is 6.58. The predicted molar refractivity (Wildman–Crippen MR) is 75.8 cm³/mol. The molecule has 3 fully saturated rings. The Labute approximate surface area is 124 Å². The highest BCUT2D eigenvalue weighted by atomic mass is 35.5. The van der Waals surface area contributed by atoms with Gasteiger partial charge in [-0.15, -0.1) is 0 Å². The quantitative estimate of drug-likeness (QED) is 0.704. The van der Waals surface area contributed by atoms with Gasteiger partial charge in [0.1, 0.15) is 6.10 Å². The Kier molecular flexibility index (Phi) is 5.15. The summed E-state index contributed by atoms with van der Waals surface area (Å²) >= 11 is 12.3. The minimum Gasteiger partial charge on any atom is -0.376 e. The molecule has 4 atom stereocenters. The summed E-state index contributed by atoms with van der Waals surface area (Å²) in [6.07, 6.45) is 3.79. The topological polar surface area (TPSA) is 35.5 Å². The van der Waals surface area contributed by atoms with Crippen molar-refractivity contribution in [1.82, 2.24) is 0 Å². The van der Waals surface area contributed by atoms with E-state index >= 15 is 0 Å². The van der Waals surface area contributed by atoms with Gasteiger partial charge in [0.15, 0.2) is 10.1 Å². The molecular formula is C14H22Cl2O3. The molecule has 2 saturated heterocycles. The van der Waals surface area contributed by atoms with Gasteiger partial charge in [-0.1, -0.05) is 36.5 Å². The number of carbonyl (C=O) groups is 1. The molecule has 0 amide bonds. The smallest absolute Gasteiger partial charge is 0.197 e. The molecule has 110 valence electrons. The van der Waals surface area contributed by atoms with Crippen LogP contribution in [0.3, 0.4) is 0 Å². The Morgan fingerprint density at radius 2 is 2.11 bits per heavy atom. The van der Waals surface area contributed by atoms with Crippen LogP contribution in [0.15, 0.2) is 0 Å². The number of carbonyl (C=O) groups excluding carboxylic acids is 1. The number of alkyl halides is 2. The van der Waals surface area contributed by atoms with E-state index in [4.69, 9.17) is 32.7 Å². The lowest BCUT2D eigenvalue weighted by Crippen LogP contribution is -2.55. The Balaban J connectivity index is 2.03. The largest absolute Gasteiger partial charge is 0.376 e. The van der Waals surface area contributed by atoms with Crippen molar-refractivity contribution in [3.8, 4) is 0 Å². The second-order valence-electron chi connectivity index (χ2n) is 5.48. The van der Waals surface area contributed by atoms with Crippen LogP contribution < -0.4 is 0 Å². The fourth-order valence-corrected chi connectivity index (χ4v) is 3.77. The van der Waals surface area contributed by atoms with Crippen LogP contribution in [0.2, 0.25) is 0 Å². The molecule has 0 spiro atoms. The first-order chi connectivity index (χ1) is 8.99. The van der Waals surface area contributed by atoms with Crippen LogP contribution in [-0.2, 0) is 14.3 Å². The first kappa shape index (κ1) is 15.6. The lowest BCUT2D eigenvalue weighted by atomic mass is 9.76. The Hall–Kier alpha value is 0.170. The summed E-state index contributed by atoms with van der Waals surface area (Å²) in [5.74, 6) is 0.0325. The van der Waals surface area contributed by atoms with Gasteiger partial charge >= 0.3 is 0 Å². The molecule has 2 heterocycles. The average Bonchev–Trinajstić information content (AvgIpc) is 2.39. The van der Waals surface area contributed by atoms with Gasteiger partial charge in [-0.2, -0.15) is 0 Å². The monoisotopic (exact) mass is 308 g/mol. The zero-order valence-electron chi connectivity index (χ0n) is 11.5. The first-order valence-corrected chi connectivity index (χ1v) is 7.94. The Bertz CT molecular complexity index is 333. The van der Waals surface area contributed by atoms with Crippen LogP contribution in [0.4, 0.5) is 0 Å². The van der Waals surface area contributed by atoms with Gasteiger partial charge in [-0.3, -0.25) is 4.79 Å². The van der Waals surface area contributed by atoms with E-state index in [1.807, 2.05) is 13.8 Å². The average molecular weight is 309 g/mol. The molecule has 2 aliphatic heterocycles. The summed E-state index contributed by atoms with van der Waals surface area (Å²) in [6, 6.07) is 0. The van der Waals surface area contributed by atoms with E-state index in [0.29, 0.717) is 13.0 Å². The molecule has 1 saturated carbocycles. The maximum atomic E-state index is 12.4. The van der Waals surface area contributed by atoms with Gasteiger partial charge in [0.05, 0.1) is 12.2 Å². The molecule has 0 radical (unpaired) electrons. The molecule has 0 aromatic heterocycles. The zero-order valence-corrected chi connectivity index (χ0v) is 13.0. The number of rotatable bonds is 6. The van der Waals surface area contributed by atoms with Gasteiger partial charge in [0.2, 0.25) is 0 Å². The zero-order chi connectivity index (χ0) is 14.0. The predicted octanol–water partition coefficient (Wildman–Crippen LogP) is 3.50. The van der Waals surface area contributed by atoms with Crippen molar-refractivity contribution < 1.29 is 14.3 Å². The molecule has 5 heteroatoms. The number of hydrogen-bond acceptors (Lipinski definition) is 3. The molecule has 0 N–H and O–H groups in total. The summed E-state index contributed by atoms with van der Waals surface area (Å²) in [6.45, 7) is 4.63. The third-order valence-electron chi connectivity index (χ3n) is 4.08. The lowest BCUT2D eigenvalue weighted by Gasteiger charge is -2.47. The SMILES string of the molecule is CCCC(Cl)(Cl)C(=O)C1OC2CCC1CC2OCC. The first-order valence-electron chi connectivity index (χ1n) is 7.18. The van der Waals surface area contributed by atoms with E-state index in [0.717, 1.165) is 25.7 Å². The summed E-state index contributed by atoms with van der Waals surface area (Å²) in [5, 5.41) is 0. The van der Waals surface area contributed by atoms with Crippen molar-refractivity contribution in [2.75, 3.05) is 6.61 Å². The van der Waals surface area contributed by atoms with Crippen molar-refractivity contribution in [1.29, 1.82) is 0 Å². The van der Waals surface area contributed by atoms with Crippen LogP contribution in [0.5, 0.6) is 0 Å². The molecule has 1 aliphatic carbocycles. The van der Waals surface area contributed by atoms with Crippen LogP contribution >= 0.6 is 23.2 Å². The van der Waals surface area contributed by atoms with E-state index in [1.54, 1.807) is 0 Å². The van der Waals surface area contributed by atoms with E-state index in [2.05, 4.69) is 0 Å². The number of halogens is 2. The van der Waals surface area contributed by atoms with Gasteiger partial charge < -0.3 is 9.47 Å². The molecule has 0 aromatic carbocycles. The molecule has 3 nitrogen and oxygen atoms in total. The fourth-order valence-electron chi connectivity index (χ4n) is 3.17. The minimum absolute atomic E-state index is 0.0182. The van der Waals surface area contributed by atoms with Crippen LogP contribution in [0.25, 0.3) is 0 Å². The molecule has 3 aliphatic rings. The van der Waals surface area contributed by atoms with E-state index < -0.39 is 10.4 Å². The number of fused-ring (bicyclic) bond motifs is 3. The second kappa shape index (κ2) is 6.30. The Morgan fingerprint density at radius 3 is 2.63 bits per heavy atom. The lowest BCUT2D eigenvalue weighted by molar-refractivity contribution is -0.197. The van der Waals surface area contributed by atoms with E-state index in [9.17, 15) is 4.79 Å². The van der Waals surface area contributed by atoms with Crippen LogP contribution in [0, 0.1) is 5.92 Å². The molecule has 4 unspecified atom stereocenters. The maximum absolute atomic E-state index is 12.4. The number of Topliss-reactive ketones (excluding diaryl/α,β-unsaturated/α-hetero) is 1. The molecule has 2 bridgehead atoms. The molecule has 0 aromatic rings. The number of ether oxygens (including phenoxy) is 2. The summed E-state index contributed by atoms with van der Waals surface area (Å²) in [7, 11) is 0. The number of hydrogen-bond donors (Lipinski definition) is 0. The third-order valence-corrected chi connectivity index (χ3v) is 4.84. The van der Waals surface area contributed by atoms with Gasteiger partial charge in [-0.05, 0) is 38.5 Å². The fraction of sp³-hybridized carbons (Fsp3) is 0.929.